The third kappa shape index (κ3) is 3.89. The molecule has 0 amide bonds. The number of hydrogen-bond donors (Lipinski definition) is 1. The minimum Gasteiger partial charge on any atom is -0.406 e. The molecule has 0 heterocycles. The van der Waals surface area contributed by atoms with Crippen LogP contribution in [0.4, 0.5) is 13.2 Å². The van der Waals surface area contributed by atoms with Crippen molar-refractivity contribution in [2.45, 2.75) is 43.7 Å². The van der Waals surface area contributed by atoms with Crippen LogP contribution < -0.4 is 10.1 Å². The maximum atomic E-state index is 12.1. The predicted molar refractivity (Wildman–Crippen MR) is 73.3 cm³/mol. The highest BCUT2D eigenvalue weighted by atomic mass is 19.4. The molecule has 1 aromatic carbocycles. The van der Waals surface area contributed by atoms with Crippen molar-refractivity contribution < 1.29 is 22.6 Å². The van der Waals surface area contributed by atoms with Crippen molar-refractivity contribution in [2.75, 3.05) is 14.2 Å². The lowest BCUT2D eigenvalue weighted by Crippen LogP contribution is -2.56. The van der Waals surface area contributed by atoms with Crippen molar-refractivity contribution in [2.24, 2.45) is 0 Å². The van der Waals surface area contributed by atoms with Crippen molar-refractivity contribution in [1.29, 1.82) is 0 Å². The van der Waals surface area contributed by atoms with Gasteiger partial charge in [-0.1, -0.05) is 12.1 Å². The van der Waals surface area contributed by atoms with Gasteiger partial charge in [-0.2, -0.15) is 0 Å². The van der Waals surface area contributed by atoms with Crippen LogP contribution in [-0.2, 0) is 11.2 Å². The quantitative estimate of drug-likeness (QED) is 0.875. The van der Waals surface area contributed by atoms with Crippen molar-refractivity contribution in [3.8, 4) is 5.75 Å². The van der Waals surface area contributed by atoms with Gasteiger partial charge in [0, 0.05) is 13.2 Å². The molecule has 2 rings (SSSR count). The van der Waals surface area contributed by atoms with E-state index in [0.717, 1.165) is 24.8 Å². The predicted octanol–water partition coefficient (Wildman–Crippen LogP) is 3.28. The van der Waals surface area contributed by atoms with E-state index in [1.807, 2.05) is 7.05 Å². The molecule has 0 spiro atoms. The summed E-state index contributed by atoms with van der Waals surface area (Å²) < 4.78 is 45.9. The third-order valence-electron chi connectivity index (χ3n) is 4.19. The molecule has 0 saturated heterocycles. The molecule has 3 nitrogen and oxygen atoms in total. The van der Waals surface area contributed by atoms with E-state index in [4.69, 9.17) is 4.74 Å². The Bertz CT molecular complexity index is 449. The molecule has 118 valence electrons. The van der Waals surface area contributed by atoms with E-state index in [1.165, 1.54) is 12.1 Å². The second-order valence-corrected chi connectivity index (χ2v) is 5.36. The van der Waals surface area contributed by atoms with Crippen molar-refractivity contribution in [1.82, 2.24) is 5.32 Å². The van der Waals surface area contributed by atoms with Crippen LogP contribution in [0.15, 0.2) is 24.3 Å². The van der Waals surface area contributed by atoms with Gasteiger partial charge in [0.15, 0.2) is 0 Å². The molecule has 6 heteroatoms. The first kappa shape index (κ1) is 16.1. The highest BCUT2D eigenvalue weighted by Crippen LogP contribution is 2.39. The summed E-state index contributed by atoms with van der Waals surface area (Å²) in [6.45, 7) is 0. The molecule has 21 heavy (non-hydrogen) atoms. The Morgan fingerprint density at radius 1 is 1.24 bits per heavy atom. The average molecular weight is 303 g/mol. The Morgan fingerprint density at radius 2 is 1.86 bits per heavy atom. The number of benzene rings is 1. The zero-order valence-corrected chi connectivity index (χ0v) is 12.2. The monoisotopic (exact) mass is 303 g/mol. The maximum Gasteiger partial charge on any atom is 0.573 e. The molecule has 1 saturated carbocycles. The Hall–Kier alpha value is -1.27. The van der Waals surface area contributed by atoms with E-state index >= 15 is 0 Å². The highest BCUT2D eigenvalue weighted by Gasteiger charge is 2.43. The van der Waals surface area contributed by atoms with Gasteiger partial charge in [0.25, 0.3) is 0 Å². The van der Waals surface area contributed by atoms with Crippen molar-refractivity contribution >= 4 is 0 Å². The molecule has 0 bridgehead atoms. The lowest BCUT2D eigenvalue weighted by molar-refractivity contribution is -0.274. The number of rotatable bonds is 6. The van der Waals surface area contributed by atoms with Crippen LogP contribution in [0.1, 0.15) is 24.8 Å². The minimum atomic E-state index is -4.65. The molecule has 1 aliphatic carbocycles. The van der Waals surface area contributed by atoms with E-state index in [2.05, 4.69) is 10.1 Å². The summed E-state index contributed by atoms with van der Waals surface area (Å²) >= 11 is 0. The van der Waals surface area contributed by atoms with Crippen molar-refractivity contribution in [3.05, 3.63) is 29.8 Å². The first-order chi connectivity index (χ1) is 9.88. The third-order valence-corrected chi connectivity index (χ3v) is 4.19. The molecular weight excluding hydrogens is 283 g/mol. The smallest absolute Gasteiger partial charge is 0.406 e. The van der Waals surface area contributed by atoms with Gasteiger partial charge in [0.05, 0.1) is 5.60 Å². The van der Waals surface area contributed by atoms with Gasteiger partial charge in [0.1, 0.15) is 5.75 Å². The van der Waals surface area contributed by atoms with Gasteiger partial charge in [-0.3, -0.25) is 0 Å². The van der Waals surface area contributed by atoms with E-state index in [9.17, 15) is 13.2 Å². The van der Waals surface area contributed by atoms with Crippen LogP contribution in [0.25, 0.3) is 0 Å². The minimum absolute atomic E-state index is 0.144. The van der Waals surface area contributed by atoms with Crippen LogP contribution in [0.3, 0.4) is 0 Å². The fourth-order valence-electron chi connectivity index (χ4n) is 2.83. The van der Waals surface area contributed by atoms with Gasteiger partial charge in [-0.25, -0.2) is 0 Å². The van der Waals surface area contributed by atoms with Gasteiger partial charge in [-0.05, 0) is 50.4 Å². The molecule has 0 aromatic heterocycles. The largest absolute Gasteiger partial charge is 0.573 e. The Balaban J connectivity index is 2.02. The zero-order chi connectivity index (χ0) is 15.5. The first-order valence-electron chi connectivity index (χ1n) is 6.96. The summed E-state index contributed by atoms with van der Waals surface area (Å²) in [6.07, 6.45) is -0.795. The van der Waals surface area contributed by atoms with E-state index in [0.29, 0.717) is 6.42 Å². The summed E-state index contributed by atoms with van der Waals surface area (Å²) in [5, 5.41) is 3.26. The van der Waals surface area contributed by atoms with E-state index in [1.54, 1.807) is 19.2 Å². The fraction of sp³-hybridized carbons (Fsp3) is 0.600. The summed E-state index contributed by atoms with van der Waals surface area (Å²) in [6, 6.07) is 6.15. The van der Waals surface area contributed by atoms with E-state index in [-0.39, 0.29) is 17.4 Å². The number of hydrogen-bond acceptors (Lipinski definition) is 3. The number of ether oxygens (including phenoxy) is 2. The van der Waals surface area contributed by atoms with Crippen LogP contribution in [-0.4, -0.2) is 32.2 Å². The molecule has 1 atom stereocenters. The second kappa shape index (κ2) is 6.23. The Kier molecular flexibility index (Phi) is 4.78. The lowest BCUT2D eigenvalue weighted by Gasteiger charge is -2.46. The number of methoxy groups -OCH3 is 1. The lowest BCUT2D eigenvalue weighted by atomic mass is 9.72. The number of nitrogens with one attached hydrogen (secondary N) is 1. The number of likely N-dealkylation sites (N-methyl/N-ethyl adjacent to an activating group) is 1. The van der Waals surface area contributed by atoms with Gasteiger partial charge in [0.2, 0.25) is 0 Å². The van der Waals surface area contributed by atoms with Crippen LogP contribution in [0.5, 0.6) is 5.75 Å². The fourth-order valence-corrected chi connectivity index (χ4v) is 2.83. The average Bonchev–Trinajstić information content (AvgIpc) is 2.37. The van der Waals surface area contributed by atoms with Crippen LogP contribution >= 0.6 is 0 Å². The standard InChI is InChI=1S/C15H20F3NO2/c1-19-13(14(20-2)8-3-9-14)10-11-4-6-12(7-5-11)21-15(16,17)18/h4-7,13,19H,3,8-10H2,1-2H3. The van der Waals surface area contributed by atoms with E-state index < -0.39 is 6.36 Å². The summed E-state index contributed by atoms with van der Waals surface area (Å²) in [7, 11) is 3.59. The number of alkyl halides is 3. The Labute approximate surface area is 122 Å². The summed E-state index contributed by atoms with van der Waals surface area (Å²) in [4.78, 5) is 0. The molecule has 1 unspecified atom stereocenters. The molecule has 1 aromatic rings. The van der Waals surface area contributed by atoms with Gasteiger partial charge in [-0.15, -0.1) is 13.2 Å². The Morgan fingerprint density at radius 3 is 2.24 bits per heavy atom. The highest BCUT2D eigenvalue weighted by molar-refractivity contribution is 5.28. The SMILES string of the molecule is CNC(Cc1ccc(OC(F)(F)F)cc1)C1(OC)CCC1. The second-order valence-electron chi connectivity index (χ2n) is 5.36. The maximum absolute atomic E-state index is 12.1. The van der Waals surface area contributed by atoms with Crippen molar-refractivity contribution in [3.63, 3.8) is 0 Å². The summed E-state index contributed by atoms with van der Waals surface area (Å²) in [5.41, 5.74) is 0.794. The molecule has 1 aliphatic rings. The molecule has 0 aliphatic heterocycles. The zero-order valence-electron chi connectivity index (χ0n) is 12.2. The van der Waals surface area contributed by atoms with Crippen LogP contribution in [0.2, 0.25) is 0 Å². The molecule has 1 N–H and O–H groups in total. The molecular formula is C15H20F3NO2. The van der Waals surface area contributed by atoms with Gasteiger partial charge >= 0.3 is 6.36 Å². The summed E-state index contributed by atoms with van der Waals surface area (Å²) in [5.74, 6) is -0.197. The number of halogens is 3. The normalized spacial score (nSPS) is 18.9. The van der Waals surface area contributed by atoms with Crippen LogP contribution in [0, 0.1) is 0 Å². The topological polar surface area (TPSA) is 30.5 Å². The first-order valence-corrected chi connectivity index (χ1v) is 6.96. The van der Waals surface area contributed by atoms with Gasteiger partial charge < -0.3 is 14.8 Å². The molecule has 1 fully saturated rings. The molecule has 0 radical (unpaired) electrons.